The van der Waals surface area contributed by atoms with E-state index in [-0.39, 0.29) is 0 Å². The van der Waals surface area contributed by atoms with Crippen LogP contribution in [0.3, 0.4) is 0 Å². The van der Waals surface area contributed by atoms with Gasteiger partial charge in [-0.15, -0.1) is 0 Å². The number of para-hydroxylation sites is 3. The number of rotatable bonds is 8. The minimum atomic E-state index is 0.413. The third-order valence-corrected chi connectivity index (χ3v) is 14.8. The fraction of sp³-hybridized carbons (Fsp3) is 0. The highest BCUT2D eigenvalue weighted by molar-refractivity contribution is 6.23. The predicted octanol–water partition coefficient (Wildman–Crippen LogP) is 14.4. The second-order valence-corrected chi connectivity index (χ2v) is 19.4. The lowest BCUT2D eigenvalue weighted by molar-refractivity contribution is 0.952. The summed E-state index contributed by atoms with van der Waals surface area (Å²) in [6.45, 7) is 0. The van der Waals surface area contributed by atoms with Gasteiger partial charge in [0.05, 0.1) is 33.5 Å². The van der Waals surface area contributed by atoms with Crippen LogP contribution in [-0.2, 0) is 0 Å². The van der Waals surface area contributed by atoms with Crippen LogP contribution in [-0.4, -0.2) is 63.5 Å². The Labute approximate surface area is 449 Å². The maximum Gasteiger partial charge on any atom is 0.238 e. The molecule has 16 aromatic rings. The van der Waals surface area contributed by atoms with Gasteiger partial charge in [0.25, 0.3) is 0 Å². The molecule has 0 radical (unpaired) electrons. The highest BCUT2D eigenvalue weighted by Crippen LogP contribution is 2.42. The molecule has 368 valence electrons. The minimum Gasteiger partial charge on any atom is -0.292 e. The zero-order valence-corrected chi connectivity index (χ0v) is 41.8. The number of benzene rings is 8. The van der Waals surface area contributed by atoms with E-state index in [0.29, 0.717) is 46.1 Å². The van der Waals surface area contributed by atoms with E-state index in [9.17, 15) is 0 Å². The second-order valence-electron chi connectivity index (χ2n) is 19.4. The summed E-state index contributed by atoms with van der Waals surface area (Å²) < 4.78 is 6.35. The fourth-order valence-electron chi connectivity index (χ4n) is 11.2. The molecule has 0 saturated carbocycles. The van der Waals surface area contributed by atoms with Crippen LogP contribution in [0.4, 0.5) is 0 Å². The maximum atomic E-state index is 5.49. The van der Waals surface area contributed by atoms with Crippen LogP contribution in [0.1, 0.15) is 0 Å². The molecule has 0 spiro atoms. The quantitative estimate of drug-likeness (QED) is 0.144. The van der Waals surface area contributed by atoms with Crippen molar-refractivity contribution in [3.05, 3.63) is 238 Å². The first-order valence-electron chi connectivity index (χ1n) is 25.9. The molecule has 16 rings (SSSR count). The Morgan fingerprint density at radius 1 is 0.354 bits per heavy atom. The van der Waals surface area contributed by atoms with E-state index in [1.807, 2.05) is 89.8 Å². The zero-order valence-electron chi connectivity index (χ0n) is 41.8. The second kappa shape index (κ2) is 17.7. The monoisotopic (exact) mass is 1010 g/mol. The molecule has 79 heavy (non-hydrogen) atoms. The van der Waals surface area contributed by atoms with Crippen LogP contribution in [0.15, 0.2) is 238 Å². The van der Waals surface area contributed by atoms with E-state index >= 15 is 0 Å². The number of nitrogens with zero attached hydrogens (tertiary/aromatic N) is 13. The lowest BCUT2D eigenvalue weighted by Gasteiger charge is -2.14. The Bertz CT molecular complexity index is 4980. The van der Waals surface area contributed by atoms with E-state index in [2.05, 4.69) is 148 Å². The normalized spacial score (nSPS) is 11.8. The number of imidazole rings is 1. The van der Waals surface area contributed by atoms with Gasteiger partial charge in [-0.1, -0.05) is 152 Å². The molecule has 8 heterocycles. The molecule has 0 aliphatic carbocycles. The van der Waals surface area contributed by atoms with Crippen LogP contribution in [0.2, 0.25) is 0 Å². The Morgan fingerprint density at radius 3 is 1.56 bits per heavy atom. The van der Waals surface area contributed by atoms with Crippen molar-refractivity contribution in [2.45, 2.75) is 0 Å². The Hall–Kier alpha value is -11.2. The van der Waals surface area contributed by atoms with Gasteiger partial charge in [0.15, 0.2) is 23.1 Å². The first kappa shape index (κ1) is 44.1. The molecule has 0 bridgehead atoms. The standard InChI is InChI=1S/C66H39N13/c1-2-22-48(23-3-1)77-39-72-59-58(70-38-71-65(59)77)64-67-31-30-57(73-64)78-55-26-10-8-24-49(55)51-28-29-52-50-25-9-11-27-56(50)79(61(52)60(51)78)66-75-62(44-20-12-18-42(32-44)53-34-40-14-4-6-16-46(40)36-68-53)74-63(76-66)45-21-13-19-43(33-45)54-35-41-15-5-7-17-47(41)37-69-54/h1-39H. The molecule has 0 unspecified atom stereocenters. The molecule has 0 amide bonds. The van der Waals surface area contributed by atoms with Gasteiger partial charge in [-0.2, -0.15) is 9.97 Å². The third kappa shape index (κ3) is 7.25. The van der Waals surface area contributed by atoms with Crippen molar-refractivity contribution in [3.8, 4) is 74.3 Å². The summed E-state index contributed by atoms with van der Waals surface area (Å²) in [5.74, 6) is 2.50. The van der Waals surface area contributed by atoms with Crippen LogP contribution >= 0.6 is 0 Å². The summed E-state index contributed by atoms with van der Waals surface area (Å²) >= 11 is 0. The number of hydrogen-bond acceptors (Lipinski definition) is 10. The van der Waals surface area contributed by atoms with Crippen LogP contribution < -0.4 is 0 Å². The lowest BCUT2D eigenvalue weighted by atomic mass is 10.0. The van der Waals surface area contributed by atoms with Crippen molar-refractivity contribution in [2.24, 2.45) is 0 Å². The summed E-state index contributed by atoms with van der Waals surface area (Å²) in [4.78, 5) is 50.5. The van der Waals surface area contributed by atoms with Crippen molar-refractivity contribution in [1.29, 1.82) is 0 Å². The van der Waals surface area contributed by atoms with Crippen molar-refractivity contribution in [2.75, 3.05) is 0 Å². The predicted molar refractivity (Wildman–Crippen MR) is 312 cm³/mol. The number of fused-ring (bicyclic) bond motifs is 10. The summed E-state index contributed by atoms with van der Waals surface area (Å²) in [6, 6.07) is 70.6. The lowest BCUT2D eigenvalue weighted by Crippen LogP contribution is -2.08. The van der Waals surface area contributed by atoms with E-state index < -0.39 is 0 Å². The Morgan fingerprint density at radius 2 is 0.911 bits per heavy atom. The molecule has 0 aliphatic heterocycles. The maximum absolute atomic E-state index is 5.49. The molecular formula is C66H39N13. The van der Waals surface area contributed by atoms with Crippen molar-refractivity contribution in [3.63, 3.8) is 0 Å². The highest BCUT2D eigenvalue weighted by atomic mass is 15.2. The smallest absolute Gasteiger partial charge is 0.238 e. The largest absolute Gasteiger partial charge is 0.292 e. The molecule has 8 aromatic carbocycles. The van der Waals surface area contributed by atoms with Gasteiger partial charge in [-0.05, 0) is 65.4 Å². The molecule has 0 atom stereocenters. The molecule has 13 nitrogen and oxygen atoms in total. The molecule has 8 aromatic heterocycles. The SMILES string of the molecule is c1ccc(-n2cnc3c(-c4nccc(-n5c6ccccc6c6ccc7c8ccccc8n(-c8nc(-c9cccc(-c%10cc%11ccccc%11cn%10)c9)nc(-c9cccc(-c%10cc%11ccccc%11cn%10)c9)n8)c7c65)n4)ncnc32)cc1. The van der Waals surface area contributed by atoms with E-state index in [4.69, 9.17) is 44.9 Å². The van der Waals surface area contributed by atoms with E-state index in [1.165, 1.54) is 0 Å². The fourth-order valence-corrected chi connectivity index (χ4v) is 11.2. The van der Waals surface area contributed by atoms with Gasteiger partial charge in [0, 0.05) is 78.8 Å². The number of hydrogen-bond donors (Lipinski definition) is 0. The number of aromatic nitrogens is 13. The van der Waals surface area contributed by atoms with Gasteiger partial charge in [0.1, 0.15) is 29.7 Å². The average Bonchev–Trinajstić information content (AvgIpc) is 4.38. The van der Waals surface area contributed by atoms with Crippen molar-refractivity contribution in [1.82, 2.24) is 63.5 Å². The van der Waals surface area contributed by atoms with Gasteiger partial charge >= 0.3 is 0 Å². The molecule has 13 heteroatoms. The summed E-state index contributed by atoms with van der Waals surface area (Å²) in [5.41, 5.74) is 11.6. The summed E-state index contributed by atoms with van der Waals surface area (Å²) in [5, 5.41) is 8.51. The summed E-state index contributed by atoms with van der Waals surface area (Å²) in [6.07, 6.45) is 8.94. The van der Waals surface area contributed by atoms with Crippen LogP contribution in [0, 0.1) is 0 Å². The Kier molecular flexibility index (Phi) is 9.90. The summed E-state index contributed by atoms with van der Waals surface area (Å²) in [7, 11) is 0. The molecule has 0 fully saturated rings. The molecule has 0 aliphatic rings. The highest BCUT2D eigenvalue weighted by Gasteiger charge is 2.25. The zero-order chi connectivity index (χ0) is 52.0. The van der Waals surface area contributed by atoms with Crippen molar-refractivity contribution >= 4 is 76.3 Å². The van der Waals surface area contributed by atoms with E-state index in [0.717, 1.165) is 104 Å². The number of pyridine rings is 2. The first-order chi connectivity index (χ1) is 39.1. The molecular weight excluding hydrogens is 975 g/mol. The van der Waals surface area contributed by atoms with Crippen LogP contribution in [0.5, 0.6) is 0 Å². The minimum absolute atomic E-state index is 0.413. The van der Waals surface area contributed by atoms with Gasteiger partial charge in [0.2, 0.25) is 5.95 Å². The van der Waals surface area contributed by atoms with Gasteiger partial charge in [-0.3, -0.25) is 23.7 Å². The first-order valence-corrected chi connectivity index (χ1v) is 25.9. The van der Waals surface area contributed by atoms with Crippen molar-refractivity contribution < 1.29 is 0 Å². The average molecular weight is 1010 g/mol. The third-order valence-electron chi connectivity index (χ3n) is 14.8. The molecule has 0 saturated heterocycles. The topological polar surface area (TPSA) is 144 Å². The van der Waals surface area contributed by atoms with Gasteiger partial charge in [-0.25, -0.2) is 29.9 Å². The van der Waals surface area contributed by atoms with Gasteiger partial charge < -0.3 is 0 Å². The Balaban J connectivity index is 0.936. The molecule has 0 N–H and O–H groups in total. The van der Waals surface area contributed by atoms with Crippen LogP contribution in [0.25, 0.3) is 151 Å². The van der Waals surface area contributed by atoms with E-state index in [1.54, 1.807) is 18.9 Å².